The van der Waals surface area contributed by atoms with Gasteiger partial charge in [-0.3, -0.25) is 4.79 Å². The van der Waals surface area contributed by atoms with Crippen LogP contribution in [0.2, 0.25) is 0 Å². The van der Waals surface area contributed by atoms with E-state index in [1.54, 1.807) is 4.52 Å². The molecule has 4 rings (SSSR count). The Bertz CT molecular complexity index is 903. The third-order valence-electron chi connectivity index (χ3n) is 4.77. The number of hydrogen-bond acceptors (Lipinski definition) is 7. The van der Waals surface area contributed by atoms with E-state index in [0.717, 1.165) is 31.7 Å². The molecule has 0 radical (unpaired) electrons. The van der Waals surface area contributed by atoms with Crippen molar-refractivity contribution in [3.8, 4) is 0 Å². The molecule has 0 aromatic carbocycles. The van der Waals surface area contributed by atoms with Crippen molar-refractivity contribution < 1.29 is 13.2 Å². The summed E-state index contributed by atoms with van der Waals surface area (Å²) in [7, 11) is -3.07. The molecule has 2 aliphatic heterocycles. The first-order chi connectivity index (χ1) is 12.0. The number of carbonyl (C=O) groups is 1. The molecule has 2 aromatic heterocycles. The summed E-state index contributed by atoms with van der Waals surface area (Å²) in [5, 5.41) is 15.5. The minimum Gasteiger partial charge on any atom is -0.355 e. The highest BCUT2D eigenvalue weighted by atomic mass is 32.2. The Morgan fingerprint density at radius 3 is 2.76 bits per heavy atom. The molecule has 9 nitrogen and oxygen atoms in total. The fourth-order valence-electron chi connectivity index (χ4n) is 3.36. The molecule has 0 bridgehead atoms. The fourth-order valence-corrected chi connectivity index (χ4v) is 5.10. The van der Waals surface area contributed by atoms with Gasteiger partial charge in [0.1, 0.15) is 5.82 Å². The number of fused-ring (bicyclic) bond motifs is 1. The minimum atomic E-state index is -3.07. The highest BCUT2D eigenvalue weighted by molar-refractivity contribution is 7.91. The van der Waals surface area contributed by atoms with Gasteiger partial charge in [-0.25, -0.2) is 8.42 Å². The highest BCUT2D eigenvalue weighted by Crippen LogP contribution is 2.19. The van der Waals surface area contributed by atoms with Gasteiger partial charge in [0.05, 0.1) is 24.0 Å². The van der Waals surface area contributed by atoms with E-state index in [4.69, 9.17) is 0 Å². The topological polar surface area (TPSA) is 110 Å². The van der Waals surface area contributed by atoms with E-state index in [1.807, 2.05) is 12.1 Å². The first-order valence-electron chi connectivity index (χ1n) is 8.46. The molecular weight excluding hydrogens is 344 g/mol. The van der Waals surface area contributed by atoms with E-state index >= 15 is 0 Å². The molecule has 4 heterocycles. The quantitative estimate of drug-likeness (QED) is 0.798. The number of hydrogen-bond donors (Lipinski definition) is 1. The van der Waals surface area contributed by atoms with Crippen LogP contribution in [-0.2, 0) is 21.2 Å². The second kappa shape index (κ2) is 6.25. The Kier molecular flexibility index (Phi) is 4.06. The monoisotopic (exact) mass is 364 g/mol. The maximum Gasteiger partial charge on any atom is 0.224 e. The Morgan fingerprint density at radius 2 is 2.04 bits per heavy atom. The van der Waals surface area contributed by atoms with E-state index in [0.29, 0.717) is 17.9 Å². The van der Waals surface area contributed by atoms with Crippen molar-refractivity contribution in [3.63, 3.8) is 0 Å². The van der Waals surface area contributed by atoms with Crippen molar-refractivity contribution in [2.75, 3.05) is 29.5 Å². The third kappa shape index (κ3) is 3.30. The van der Waals surface area contributed by atoms with Crippen molar-refractivity contribution in [2.24, 2.45) is 5.92 Å². The van der Waals surface area contributed by atoms with Gasteiger partial charge in [-0.15, -0.1) is 15.3 Å². The summed E-state index contributed by atoms with van der Waals surface area (Å²) < 4.78 is 24.6. The molecule has 0 spiro atoms. The van der Waals surface area contributed by atoms with Gasteiger partial charge in [0.25, 0.3) is 0 Å². The summed E-state index contributed by atoms with van der Waals surface area (Å²) >= 11 is 0. The molecule has 2 aliphatic rings. The van der Waals surface area contributed by atoms with E-state index in [2.05, 4.69) is 25.5 Å². The number of nitrogens with one attached hydrogen (secondary N) is 1. The molecule has 0 saturated carbocycles. The number of anilines is 1. The predicted molar refractivity (Wildman–Crippen MR) is 90.8 cm³/mol. The van der Waals surface area contributed by atoms with Crippen molar-refractivity contribution in [2.45, 2.75) is 25.8 Å². The number of amides is 1. The van der Waals surface area contributed by atoms with Gasteiger partial charge >= 0.3 is 0 Å². The Morgan fingerprint density at radius 1 is 1.24 bits per heavy atom. The minimum absolute atomic E-state index is 0.0726. The Labute approximate surface area is 145 Å². The fraction of sp³-hybridized carbons (Fsp3) is 0.600. The summed E-state index contributed by atoms with van der Waals surface area (Å²) in [5.41, 5.74) is 0.621. The van der Waals surface area contributed by atoms with Crippen LogP contribution >= 0.6 is 0 Å². The van der Waals surface area contributed by atoms with Crippen LogP contribution in [0.3, 0.4) is 0 Å². The molecule has 25 heavy (non-hydrogen) atoms. The zero-order valence-corrected chi connectivity index (χ0v) is 14.6. The maximum atomic E-state index is 12.2. The standard InChI is InChI=1S/C15H20N6O3S/c22-15(11-5-8-25(23,24)10-11)16-9-14-18-17-12-3-4-13(19-21(12)14)20-6-1-2-7-20/h3-4,11H,1-2,5-10H2,(H,16,22)/t11-/m1/s1. The van der Waals surface area contributed by atoms with Gasteiger partial charge in [-0.1, -0.05) is 0 Å². The highest BCUT2D eigenvalue weighted by Gasteiger charge is 2.32. The van der Waals surface area contributed by atoms with Gasteiger partial charge in [-0.05, 0) is 31.4 Å². The van der Waals surface area contributed by atoms with Crippen molar-refractivity contribution in [1.29, 1.82) is 0 Å². The average Bonchev–Trinajstić information content (AvgIpc) is 3.31. The molecule has 1 atom stereocenters. The van der Waals surface area contributed by atoms with Gasteiger partial charge < -0.3 is 10.2 Å². The first-order valence-corrected chi connectivity index (χ1v) is 10.3. The van der Waals surface area contributed by atoms with Gasteiger partial charge in [-0.2, -0.15) is 4.52 Å². The molecule has 0 aliphatic carbocycles. The van der Waals surface area contributed by atoms with E-state index in [-0.39, 0.29) is 24.0 Å². The molecule has 1 amide bonds. The zero-order chi connectivity index (χ0) is 17.4. The molecule has 2 aromatic rings. The molecule has 2 fully saturated rings. The van der Waals surface area contributed by atoms with Crippen LogP contribution in [0, 0.1) is 5.92 Å². The largest absolute Gasteiger partial charge is 0.355 e. The predicted octanol–water partition coefficient (Wildman–Crippen LogP) is -0.225. The summed E-state index contributed by atoms with van der Waals surface area (Å²) in [4.78, 5) is 14.4. The van der Waals surface area contributed by atoms with Crippen LogP contribution < -0.4 is 10.2 Å². The lowest BCUT2D eigenvalue weighted by Gasteiger charge is -2.16. The lowest BCUT2D eigenvalue weighted by atomic mass is 10.1. The van der Waals surface area contributed by atoms with Gasteiger partial charge in [0.15, 0.2) is 21.3 Å². The summed E-state index contributed by atoms with van der Waals surface area (Å²) in [6, 6.07) is 3.80. The number of carbonyl (C=O) groups excluding carboxylic acids is 1. The molecule has 0 unspecified atom stereocenters. The molecule has 10 heteroatoms. The number of rotatable bonds is 4. The van der Waals surface area contributed by atoms with Crippen molar-refractivity contribution in [1.82, 2.24) is 25.1 Å². The second-order valence-corrected chi connectivity index (χ2v) is 8.82. The van der Waals surface area contributed by atoms with Crippen LogP contribution in [0.5, 0.6) is 0 Å². The second-order valence-electron chi connectivity index (χ2n) is 6.59. The Hall–Kier alpha value is -2.23. The van der Waals surface area contributed by atoms with E-state index in [9.17, 15) is 13.2 Å². The maximum absolute atomic E-state index is 12.2. The molecule has 134 valence electrons. The summed E-state index contributed by atoms with van der Waals surface area (Å²) in [6.45, 7) is 2.15. The van der Waals surface area contributed by atoms with Crippen LogP contribution in [0.4, 0.5) is 5.82 Å². The zero-order valence-electron chi connectivity index (χ0n) is 13.8. The van der Waals surface area contributed by atoms with E-state index < -0.39 is 15.8 Å². The number of sulfone groups is 1. The number of aromatic nitrogens is 4. The summed E-state index contributed by atoms with van der Waals surface area (Å²) in [6.07, 6.45) is 2.70. The van der Waals surface area contributed by atoms with Gasteiger partial charge in [0, 0.05) is 13.1 Å². The van der Waals surface area contributed by atoms with Crippen LogP contribution in [0.1, 0.15) is 25.1 Å². The van der Waals surface area contributed by atoms with Crippen molar-refractivity contribution in [3.05, 3.63) is 18.0 Å². The molecule has 2 saturated heterocycles. The lowest BCUT2D eigenvalue weighted by molar-refractivity contribution is -0.124. The van der Waals surface area contributed by atoms with E-state index in [1.165, 1.54) is 0 Å². The molecular formula is C15H20N6O3S. The average molecular weight is 364 g/mol. The normalized spacial score (nSPS) is 22.6. The van der Waals surface area contributed by atoms with Crippen molar-refractivity contribution >= 4 is 27.2 Å². The lowest BCUT2D eigenvalue weighted by Crippen LogP contribution is -2.31. The van der Waals surface area contributed by atoms with Gasteiger partial charge in [0.2, 0.25) is 5.91 Å². The van der Waals surface area contributed by atoms with Crippen LogP contribution in [-0.4, -0.2) is 58.7 Å². The number of nitrogens with zero attached hydrogens (tertiary/aromatic N) is 5. The summed E-state index contributed by atoms with van der Waals surface area (Å²) in [5.74, 6) is 0.687. The smallest absolute Gasteiger partial charge is 0.224 e. The SMILES string of the molecule is O=C(NCc1nnc2ccc(N3CCCC3)nn12)[C@@H]1CCS(=O)(=O)C1. The van der Waals surface area contributed by atoms with Crippen LogP contribution in [0.15, 0.2) is 12.1 Å². The third-order valence-corrected chi connectivity index (χ3v) is 6.54. The van der Waals surface area contributed by atoms with Crippen LogP contribution in [0.25, 0.3) is 5.65 Å². The first kappa shape index (κ1) is 16.2. The molecule has 1 N–H and O–H groups in total. The Balaban J connectivity index is 1.47.